The van der Waals surface area contributed by atoms with Gasteiger partial charge in [-0.3, -0.25) is 0 Å². The maximum absolute atomic E-state index is 6.28. The van der Waals surface area contributed by atoms with E-state index in [0.717, 1.165) is 38.3 Å². The molecule has 2 saturated heterocycles. The van der Waals surface area contributed by atoms with Crippen LogP contribution in [0, 0.1) is 0 Å². The minimum Gasteiger partial charge on any atom is -0.382 e. The largest absolute Gasteiger partial charge is 0.382 e. The van der Waals surface area contributed by atoms with Crippen LogP contribution in [0.5, 0.6) is 0 Å². The molecule has 0 amide bonds. The van der Waals surface area contributed by atoms with Crippen LogP contribution in [-0.4, -0.2) is 35.1 Å². The highest BCUT2D eigenvalue weighted by Gasteiger charge is 2.37. The Labute approximate surface area is 157 Å². The number of benzene rings is 1. The van der Waals surface area contributed by atoms with Crippen LogP contribution in [-0.2, 0) is 0 Å². The number of piperidine rings is 1. The van der Waals surface area contributed by atoms with Crippen molar-refractivity contribution < 1.29 is 0 Å². The Hall–Kier alpha value is -1.56. The van der Waals surface area contributed by atoms with Gasteiger partial charge < -0.3 is 16.0 Å². The lowest BCUT2D eigenvalue weighted by atomic mass is 9.86. The van der Waals surface area contributed by atoms with Gasteiger partial charge in [-0.2, -0.15) is 0 Å². The van der Waals surface area contributed by atoms with Gasteiger partial charge in [0.1, 0.15) is 11.5 Å². The van der Waals surface area contributed by atoms with E-state index >= 15 is 0 Å². The summed E-state index contributed by atoms with van der Waals surface area (Å²) in [4.78, 5) is 11.4. The molecule has 0 atom stereocenters. The number of nitrogens with zero attached hydrogens (tertiary/aromatic N) is 3. The van der Waals surface area contributed by atoms with E-state index in [4.69, 9.17) is 28.9 Å². The molecule has 132 valence electrons. The van der Waals surface area contributed by atoms with Gasteiger partial charge in [-0.15, -0.1) is 0 Å². The van der Waals surface area contributed by atoms with Gasteiger partial charge in [-0.1, -0.05) is 35.3 Å². The van der Waals surface area contributed by atoms with E-state index in [9.17, 15) is 0 Å². The van der Waals surface area contributed by atoms with Crippen molar-refractivity contribution in [1.82, 2.24) is 15.3 Å². The first-order valence-corrected chi connectivity index (χ1v) is 9.40. The highest BCUT2D eigenvalue weighted by atomic mass is 35.5. The summed E-state index contributed by atoms with van der Waals surface area (Å²) in [5.74, 6) is 1.20. The molecule has 4 rings (SSSR count). The van der Waals surface area contributed by atoms with Crippen molar-refractivity contribution in [3.05, 3.63) is 34.4 Å². The van der Waals surface area contributed by atoms with E-state index in [-0.39, 0.29) is 0 Å². The second-order valence-corrected chi connectivity index (χ2v) is 7.65. The zero-order chi connectivity index (χ0) is 17.4. The first-order chi connectivity index (χ1) is 12.1. The molecule has 2 aliphatic heterocycles. The zero-order valence-electron chi connectivity index (χ0n) is 13.9. The van der Waals surface area contributed by atoms with Crippen molar-refractivity contribution in [1.29, 1.82) is 0 Å². The molecule has 1 aromatic heterocycles. The number of anilines is 2. The fraction of sp³-hybridized carbons (Fsp3) is 0.444. The van der Waals surface area contributed by atoms with E-state index in [0.29, 0.717) is 32.7 Å². The van der Waals surface area contributed by atoms with Crippen LogP contribution in [0.25, 0.3) is 11.3 Å². The monoisotopic (exact) mass is 377 g/mol. The molecule has 1 aromatic carbocycles. The number of hydrogen-bond acceptors (Lipinski definition) is 5. The van der Waals surface area contributed by atoms with E-state index in [1.165, 1.54) is 12.8 Å². The van der Waals surface area contributed by atoms with E-state index in [1.54, 1.807) is 12.3 Å². The Balaban J connectivity index is 1.55. The summed E-state index contributed by atoms with van der Waals surface area (Å²) in [7, 11) is 0. The molecule has 2 aromatic rings. The number of nitrogen functional groups attached to an aromatic ring is 1. The van der Waals surface area contributed by atoms with Crippen LogP contribution in [0.1, 0.15) is 25.7 Å². The Morgan fingerprint density at radius 2 is 1.96 bits per heavy atom. The molecular formula is C18H21Cl2N5. The van der Waals surface area contributed by atoms with E-state index < -0.39 is 0 Å². The molecular weight excluding hydrogens is 357 g/mol. The quantitative estimate of drug-likeness (QED) is 0.833. The fourth-order valence-electron chi connectivity index (χ4n) is 3.90. The molecule has 2 aliphatic rings. The van der Waals surface area contributed by atoms with Gasteiger partial charge in [0.25, 0.3) is 0 Å². The summed E-state index contributed by atoms with van der Waals surface area (Å²) in [6, 6.07) is 5.42. The Morgan fingerprint density at radius 1 is 1.16 bits per heavy atom. The number of rotatable bonds is 2. The predicted octanol–water partition coefficient (Wildman–Crippen LogP) is 3.76. The van der Waals surface area contributed by atoms with Crippen molar-refractivity contribution in [2.75, 3.05) is 30.3 Å². The molecule has 5 nitrogen and oxygen atoms in total. The first-order valence-electron chi connectivity index (χ1n) is 8.65. The second-order valence-electron chi connectivity index (χ2n) is 6.86. The first kappa shape index (κ1) is 16.9. The molecule has 25 heavy (non-hydrogen) atoms. The second kappa shape index (κ2) is 6.63. The van der Waals surface area contributed by atoms with Gasteiger partial charge in [-0.05, 0) is 38.3 Å². The predicted molar refractivity (Wildman–Crippen MR) is 103 cm³/mol. The lowest BCUT2D eigenvalue weighted by molar-refractivity contribution is 0.296. The van der Waals surface area contributed by atoms with Crippen molar-refractivity contribution in [3.63, 3.8) is 0 Å². The van der Waals surface area contributed by atoms with E-state index in [1.807, 2.05) is 12.1 Å². The number of nitrogens with two attached hydrogens (primary N) is 1. The van der Waals surface area contributed by atoms with Crippen LogP contribution >= 0.6 is 23.2 Å². The third kappa shape index (κ3) is 3.16. The Bertz CT molecular complexity index is 779. The van der Waals surface area contributed by atoms with Crippen LogP contribution in [0.2, 0.25) is 10.0 Å². The summed E-state index contributed by atoms with van der Waals surface area (Å²) in [5.41, 5.74) is 7.80. The topological polar surface area (TPSA) is 67.1 Å². The molecule has 0 unspecified atom stereocenters. The highest BCUT2D eigenvalue weighted by Crippen LogP contribution is 2.36. The van der Waals surface area contributed by atoms with Crippen LogP contribution in [0.4, 0.5) is 11.6 Å². The van der Waals surface area contributed by atoms with Crippen LogP contribution < -0.4 is 16.0 Å². The number of halogens is 2. The Morgan fingerprint density at radius 3 is 2.64 bits per heavy atom. The standard InChI is InChI=1S/C18H21Cl2N5/c19-13-4-1-3-12(15(13)20)16-17(21)24-14(11-22-16)25-9-6-18(7-10-25)5-2-8-23-18/h1,3-4,11,23H,2,5-10H2,(H2,21,24). The molecule has 0 bridgehead atoms. The average Bonchev–Trinajstić information content (AvgIpc) is 3.06. The number of aromatic nitrogens is 2. The van der Waals surface area contributed by atoms with Gasteiger partial charge in [0.2, 0.25) is 0 Å². The van der Waals surface area contributed by atoms with Crippen molar-refractivity contribution >= 4 is 34.8 Å². The Kier molecular flexibility index (Phi) is 4.48. The summed E-state index contributed by atoms with van der Waals surface area (Å²) < 4.78 is 0. The van der Waals surface area contributed by atoms with Crippen molar-refractivity contribution in [2.24, 2.45) is 0 Å². The third-order valence-electron chi connectivity index (χ3n) is 5.37. The van der Waals surface area contributed by atoms with Gasteiger partial charge >= 0.3 is 0 Å². The molecule has 3 N–H and O–H groups in total. The lowest BCUT2D eigenvalue weighted by Crippen LogP contribution is -2.50. The third-order valence-corrected chi connectivity index (χ3v) is 6.19. The van der Waals surface area contributed by atoms with Gasteiger partial charge in [0, 0.05) is 24.2 Å². The maximum Gasteiger partial charge on any atom is 0.152 e. The molecule has 3 heterocycles. The van der Waals surface area contributed by atoms with Gasteiger partial charge in [0.15, 0.2) is 5.82 Å². The lowest BCUT2D eigenvalue weighted by Gasteiger charge is -2.40. The highest BCUT2D eigenvalue weighted by molar-refractivity contribution is 6.43. The van der Waals surface area contributed by atoms with Gasteiger partial charge in [0.05, 0.1) is 16.2 Å². The summed E-state index contributed by atoms with van der Waals surface area (Å²) in [6.07, 6.45) is 6.61. The molecule has 0 radical (unpaired) electrons. The van der Waals surface area contributed by atoms with Crippen LogP contribution in [0.15, 0.2) is 24.4 Å². The minimum atomic E-state index is 0.337. The molecule has 7 heteroatoms. The normalized spacial score (nSPS) is 19.5. The molecule has 2 fully saturated rings. The van der Waals surface area contributed by atoms with Crippen LogP contribution in [0.3, 0.4) is 0 Å². The van der Waals surface area contributed by atoms with Crippen molar-refractivity contribution in [3.8, 4) is 11.3 Å². The maximum atomic E-state index is 6.28. The molecule has 0 saturated carbocycles. The number of nitrogens with one attached hydrogen (secondary N) is 1. The van der Waals surface area contributed by atoms with E-state index in [2.05, 4.69) is 20.2 Å². The summed E-state index contributed by atoms with van der Waals surface area (Å²) in [6.45, 7) is 3.08. The fourth-order valence-corrected chi connectivity index (χ4v) is 4.29. The van der Waals surface area contributed by atoms with Crippen molar-refractivity contribution in [2.45, 2.75) is 31.2 Å². The minimum absolute atomic E-state index is 0.337. The smallest absolute Gasteiger partial charge is 0.152 e. The van der Waals surface area contributed by atoms with Gasteiger partial charge in [-0.25, -0.2) is 9.97 Å². The SMILES string of the molecule is Nc1nc(N2CCC3(CCCN3)CC2)cnc1-c1cccc(Cl)c1Cl. The summed E-state index contributed by atoms with van der Waals surface area (Å²) in [5, 5.41) is 4.61. The zero-order valence-corrected chi connectivity index (χ0v) is 15.4. The number of hydrogen-bond donors (Lipinski definition) is 2. The summed E-state index contributed by atoms with van der Waals surface area (Å²) >= 11 is 12.4. The molecule has 1 spiro atoms. The average molecular weight is 378 g/mol. The molecule has 0 aliphatic carbocycles.